The van der Waals surface area contributed by atoms with Crippen LogP contribution in [0.4, 0.5) is 0 Å². The summed E-state index contributed by atoms with van der Waals surface area (Å²) in [5.74, 6) is -0.893. The van der Waals surface area contributed by atoms with Crippen LogP contribution in [0, 0.1) is 0 Å². The third kappa shape index (κ3) is 4.88. The molecule has 27 heavy (non-hydrogen) atoms. The number of aromatic nitrogens is 2. The standard InChI is InChI=1S/C21H21N3O3/c1-2-6-17(15-7-4-3-5-8-15)24-20(25)14-27-21(26)16-9-10-18-19(13-16)23-12-11-22-18/h3-5,7-13,17H,2,6,14H2,1H3,(H,24,25)/t17-/m1/s1. The first-order chi connectivity index (χ1) is 13.2. The number of hydrogen-bond donors (Lipinski definition) is 1. The molecule has 1 amide bonds. The Morgan fingerprint density at radius 3 is 2.52 bits per heavy atom. The number of amides is 1. The van der Waals surface area contributed by atoms with E-state index in [1.54, 1.807) is 30.6 Å². The summed E-state index contributed by atoms with van der Waals surface area (Å²) in [6, 6.07) is 14.6. The maximum absolute atomic E-state index is 12.2. The zero-order chi connectivity index (χ0) is 19.1. The van der Waals surface area contributed by atoms with Crippen LogP contribution in [0.1, 0.15) is 41.7 Å². The van der Waals surface area contributed by atoms with Gasteiger partial charge < -0.3 is 10.1 Å². The van der Waals surface area contributed by atoms with Gasteiger partial charge in [0, 0.05) is 12.4 Å². The Morgan fingerprint density at radius 2 is 1.78 bits per heavy atom. The molecule has 0 aliphatic rings. The molecule has 138 valence electrons. The Labute approximate surface area is 157 Å². The van der Waals surface area contributed by atoms with Crippen LogP contribution in [0.15, 0.2) is 60.9 Å². The normalized spacial score (nSPS) is 11.7. The molecule has 0 radical (unpaired) electrons. The minimum atomic E-state index is -0.565. The molecule has 3 rings (SSSR count). The lowest BCUT2D eigenvalue weighted by Gasteiger charge is -2.18. The van der Waals surface area contributed by atoms with Crippen molar-refractivity contribution >= 4 is 22.9 Å². The Balaban J connectivity index is 1.59. The van der Waals surface area contributed by atoms with Gasteiger partial charge in [0.2, 0.25) is 0 Å². The highest BCUT2D eigenvalue weighted by Gasteiger charge is 2.16. The molecule has 1 aromatic heterocycles. The van der Waals surface area contributed by atoms with Crippen LogP contribution in [-0.2, 0) is 9.53 Å². The summed E-state index contributed by atoms with van der Waals surface area (Å²) in [6.45, 7) is 1.73. The smallest absolute Gasteiger partial charge is 0.338 e. The van der Waals surface area contributed by atoms with Crippen LogP contribution in [-0.4, -0.2) is 28.5 Å². The highest BCUT2D eigenvalue weighted by Crippen LogP contribution is 2.18. The predicted octanol–water partition coefficient (Wildman–Crippen LogP) is 3.44. The van der Waals surface area contributed by atoms with E-state index in [1.165, 1.54) is 0 Å². The van der Waals surface area contributed by atoms with E-state index in [1.807, 2.05) is 30.3 Å². The van der Waals surface area contributed by atoms with Crippen molar-refractivity contribution in [2.45, 2.75) is 25.8 Å². The predicted molar refractivity (Wildman–Crippen MR) is 102 cm³/mol. The molecule has 0 bridgehead atoms. The monoisotopic (exact) mass is 363 g/mol. The third-order valence-electron chi connectivity index (χ3n) is 4.15. The van der Waals surface area contributed by atoms with E-state index in [0.717, 1.165) is 18.4 Å². The van der Waals surface area contributed by atoms with E-state index >= 15 is 0 Å². The lowest BCUT2D eigenvalue weighted by atomic mass is 10.0. The molecule has 6 heteroatoms. The maximum atomic E-state index is 12.2. The second-order valence-electron chi connectivity index (χ2n) is 6.16. The van der Waals surface area contributed by atoms with Crippen LogP contribution in [0.2, 0.25) is 0 Å². The van der Waals surface area contributed by atoms with Gasteiger partial charge in [-0.2, -0.15) is 0 Å². The van der Waals surface area contributed by atoms with Gasteiger partial charge >= 0.3 is 5.97 Å². The first-order valence-corrected chi connectivity index (χ1v) is 8.89. The summed E-state index contributed by atoms with van der Waals surface area (Å²) >= 11 is 0. The summed E-state index contributed by atoms with van der Waals surface area (Å²) in [5, 5.41) is 2.93. The molecule has 1 heterocycles. The molecule has 3 aromatic rings. The maximum Gasteiger partial charge on any atom is 0.338 e. The SMILES string of the molecule is CCC[C@@H](NC(=O)COC(=O)c1ccc2nccnc2c1)c1ccccc1. The summed E-state index contributed by atoms with van der Waals surface area (Å²) in [7, 11) is 0. The van der Waals surface area contributed by atoms with Gasteiger partial charge in [-0.3, -0.25) is 14.8 Å². The molecule has 0 saturated heterocycles. The summed E-state index contributed by atoms with van der Waals surface area (Å²) in [5.41, 5.74) is 2.66. The fourth-order valence-corrected chi connectivity index (χ4v) is 2.84. The van der Waals surface area contributed by atoms with Gasteiger partial charge in [-0.25, -0.2) is 4.79 Å². The fraction of sp³-hybridized carbons (Fsp3) is 0.238. The van der Waals surface area contributed by atoms with E-state index in [-0.39, 0.29) is 18.6 Å². The van der Waals surface area contributed by atoms with Crippen molar-refractivity contribution in [2.24, 2.45) is 0 Å². The van der Waals surface area contributed by atoms with Crippen LogP contribution < -0.4 is 5.32 Å². The summed E-state index contributed by atoms with van der Waals surface area (Å²) < 4.78 is 5.15. The van der Waals surface area contributed by atoms with Crippen molar-refractivity contribution in [1.29, 1.82) is 0 Å². The highest BCUT2D eigenvalue weighted by molar-refractivity contribution is 5.94. The van der Waals surface area contributed by atoms with Crippen molar-refractivity contribution < 1.29 is 14.3 Å². The van der Waals surface area contributed by atoms with Gasteiger partial charge in [-0.1, -0.05) is 43.7 Å². The molecule has 1 N–H and O–H groups in total. The number of benzene rings is 2. The van der Waals surface area contributed by atoms with Gasteiger partial charge in [-0.15, -0.1) is 0 Å². The second-order valence-corrected chi connectivity index (χ2v) is 6.16. The fourth-order valence-electron chi connectivity index (χ4n) is 2.84. The Hall–Kier alpha value is -3.28. The molecule has 0 saturated carbocycles. The van der Waals surface area contributed by atoms with Gasteiger partial charge in [0.05, 0.1) is 22.6 Å². The second kappa shape index (κ2) is 8.89. The number of carbonyl (C=O) groups excluding carboxylic acids is 2. The molecule has 1 atom stereocenters. The van der Waals surface area contributed by atoms with E-state index in [0.29, 0.717) is 16.6 Å². The Kier molecular flexibility index (Phi) is 6.10. The van der Waals surface area contributed by atoms with Crippen LogP contribution in [0.25, 0.3) is 11.0 Å². The molecule has 0 aliphatic heterocycles. The van der Waals surface area contributed by atoms with Crippen LogP contribution in [0.5, 0.6) is 0 Å². The van der Waals surface area contributed by atoms with Gasteiger partial charge in [0.25, 0.3) is 5.91 Å². The third-order valence-corrected chi connectivity index (χ3v) is 4.15. The first-order valence-electron chi connectivity index (χ1n) is 8.89. The summed E-state index contributed by atoms with van der Waals surface area (Å²) in [6.07, 6.45) is 4.89. The van der Waals surface area contributed by atoms with E-state index < -0.39 is 5.97 Å². The van der Waals surface area contributed by atoms with Gasteiger partial charge in [0.15, 0.2) is 6.61 Å². The number of hydrogen-bond acceptors (Lipinski definition) is 5. The molecular formula is C21H21N3O3. The molecule has 0 spiro atoms. The van der Waals surface area contributed by atoms with Gasteiger partial charge in [0.1, 0.15) is 0 Å². The minimum Gasteiger partial charge on any atom is -0.452 e. The average molecular weight is 363 g/mol. The Morgan fingerprint density at radius 1 is 1.04 bits per heavy atom. The molecule has 0 fully saturated rings. The van der Waals surface area contributed by atoms with Crippen molar-refractivity contribution in [3.8, 4) is 0 Å². The highest BCUT2D eigenvalue weighted by atomic mass is 16.5. The minimum absolute atomic E-state index is 0.0988. The topological polar surface area (TPSA) is 81.2 Å². The summed E-state index contributed by atoms with van der Waals surface area (Å²) in [4.78, 5) is 32.8. The average Bonchev–Trinajstić information content (AvgIpc) is 2.72. The number of ether oxygens (including phenoxy) is 1. The van der Waals surface area contributed by atoms with E-state index in [2.05, 4.69) is 22.2 Å². The van der Waals surface area contributed by atoms with Crippen molar-refractivity contribution in [3.05, 3.63) is 72.1 Å². The number of rotatable bonds is 7. The molecule has 6 nitrogen and oxygen atoms in total. The lowest BCUT2D eigenvalue weighted by Crippen LogP contribution is -2.32. The number of fused-ring (bicyclic) bond motifs is 1. The number of nitrogens with one attached hydrogen (secondary N) is 1. The van der Waals surface area contributed by atoms with Crippen molar-refractivity contribution in [3.63, 3.8) is 0 Å². The van der Waals surface area contributed by atoms with Crippen molar-refractivity contribution in [2.75, 3.05) is 6.61 Å². The molecule has 0 unspecified atom stereocenters. The van der Waals surface area contributed by atoms with Crippen molar-refractivity contribution in [1.82, 2.24) is 15.3 Å². The molecule has 0 aliphatic carbocycles. The van der Waals surface area contributed by atoms with E-state index in [9.17, 15) is 9.59 Å². The number of nitrogens with zero attached hydrogens (tertiary/aromatic N) is 2. The Bertz CT molecular complexity index is 928. The molecular weight excluding hydrogens is 342 g/mol. The molecule has 2 aromatic carbocycles. The van der Waals surface area contributed by atoms with Crippen LogP contribution in [0.3, 0.4) is 0 Å². The zero-order valence-electron chi connectivity index (χ0n) is 15.1. The quantitative estimate of drug-likeness (QED) is 0.650. The van der Waals surface area contributed by atoms with Gasteiger partial charge in [-0.05, 0) is 30.2 Å². The largest absolute Gasteiger partial charge is 0.452 e. The first kappa shape index (κ1) is 18.5. The number of esters is 1. The lowest BCUT2D eigenvalue weighted by molar-refractivity contribution is -0.125. The zero-order valence-corrected chi connectivity index (χ0v) is 15.1. The number of carbonyl (C=O) groups is 2. The van der Waals surface area contributed by atoms with E-state index in [4.69, 9.17) is 4.74 Å². The van der Waals surface area contributed by atoms with Crippen LogP contribution >= 0.6 is 0 Å².